The van der Waals surface area contributed by atoms with Crippen LogP contribution in [-0.2, 0) is 4.79 Å². The Labute approximate surface area is 91.9 Å². The fourth-order valence-electron chi connectivity index (χ4n) is 1.38. The lowest BCUT2D eigenvalue weighted by atomic mass is 10.1. The molecule has 0 spiro atoms. The number of allylic oxidation sites excluding steroid dienone is 5. The summed E-state index contributed by atoms with van der Waals surface area (Å²) in [5.41, 5.74) is 3.15. The van der Waals surface area contributed by atoms with Gasteiger partial charge in [0.25, 0.3) is 0 Å². The molecule has 0 amide bonds. The smallest absolute Gasteiger partial charge is 0.136 e. The lowest BCUT2D eigenvalue weighted by molar-refractivity contribution is -0.118. The standard InChI is InChI=1S/C14H18O/c15-14-12-10-8-6-4-2-1-3-5-7-9-11-13-14/h2-3,6,8-9,11H,4-5,7,10,12-13H2/b8-6-,11-9-. The molecule has 0 heterocycles. The van der Waals surface area contributed by atoms with Gasteiger partial charge in [-0.3, -0.25) is 4.79 Å². The highest BCUT2D eigenvalue weighted by Gasteiger charge is 1.96. The van der Waals surface area contributed by atoms with E-state index in [1.54, 1.807) is 0 Å². The molecular formula is C14H18O. The summed E-state index contributed by atoms with van der Waals surface area (Å²) < 4.78 is 0. The second-order valence-corrected chi connectivity index (χ2v) is 3.61. The minimum atomic E-state index is 0.332. The Balaban J connectivity index is 2.47. The van der Waals surface area contributed by atoms with Crippen LogP contribution in [-0.4, -0.2) is 5.78 Å². The van der Waals surface area contributed by atoms with Gasteiger partial charge in [-0.1, -0.05) is 24.3 Å². The molecule has 0 aromatic carbocycles. The number of hydrogen-bond acceptors (Lipinski definition) is 1. The Kier molecular flexibility index (Phi) is 6.28. The second kappa shape index (κ2) is 8.02. The van der Waals surface area contributed by atoms with Crippen LogP contribution in [0.25, 0.3) is 0 Å². The van der Waals surface area contributed by atoms with E-state index in [1.165, 1.54) is 0 Å². The van der Waals surface area contributed by atoms with Crippen molar-refractivity contribution < 1.29 is 4.79 Å². The molecule has 15 heavy (non-hydrogen) atoms. The Morgan fingerprint density at radius 1 is 0.933 bits per heavy atom. The highest BCUT2D eigenvalue weighted by atomic mass is 16.1. The topological polar surface area (TPSA) is 17.1 Å². The molecule has 0 saturated heterocycles. The molecule has 1 aliphatic carbocycles. The molecule has 0 bridgehead atoms. The molecule has 0 radical (unpaired) electrons. The van der Waals surface area contributed by atoms with E-state index >= 15 is 0 Å². The van der Waals surface area contributed by atoms with Gasteiger partial charge in [-0.25, -0.2) is 0 Å². The van der Waals surface area contributed by atoms with E-state index in [4.69, 9.17) is 0 Å². The van der Waals surface area contributed by atoms with Gasteiger partial charge in [-0.15, -0.1) is 5.73 Å². The van der Waals surface area contributed by atoms with Crippen molar-refractivity contribution in [2.24, 2.45) is 0 Å². The van der Waals surface area contributed by atoms with Gasteiger partial charge in [0.15, 0.2) is 0 Å². The fraction of sp³-hybridized carbons (Fsp3) is 0.429. The van der Waals surface area contributed by atoms with Crippen molar-refractivity contribution in [3.05, 3.63) is 42.2 Å². The highest BCUT2D eigenvalue weighted by molar-refractivity contribution is 5.79. The average molecular weight is 202 g/mol. The Bertz CT molecular complexity index is 301. The summed E-state index contributed by atoms with van der Waals surface area (Å²) in [7, 11) is 0. The molecule has 1 aliphatic rings. The minimum Gasteiger partial charge on any atom is -0.299 e. The monoisotopic (exact) mass is 202 g/mol. The summed E-state index contributed by atoms with van der Waals surface area (Å²) in [6.07, 6.45) is 17.3. The third kappa shape index (κ3) is 6.70. The van der Waals surface area contributed by atoms with Crippen LogP contribution >= 0.6 is 0 Å². The molecule has 0 N–H and O–H groups in total. The summed E-state index contributed by atoms with van der Waals surface area (Å²) in [5, 5.41) is 0. The number of hydrogen-bond donors (Lipinski definition) is 0. The van der Waals surface area contributed by atoms with E-state index in [0.29, 0.717) is 18.6 Å². The molecule has 80 valence electrons. The van der Waals surface area contributed by atoms with Gasteiger partial charge < -0.3 is 0 Å². The minimum absolute atomic E-state index is 0.332. The van der Waals surface area contributed by atoms with E-state index in [2.05, 4.69) is 24.0 Å². The predicted molar refractivity (Wildman–Crippen MR) is 63.6 cm³/mol. The average Bonchev–Trinajstić information content (AvgIpc) is 2.24. The molecular weight excluding hydrogens is 184 g/mol. The first-order chi connectivity index (χ1) is 7.39. The highest BCUT2D eigenvalue weighted by Crippen LogP contribution is 2.01. The van der Waals surface area contributed by atoms with Crippen LogP contribution in [0.2, 0.25) is 0 Å². The number of Topliss-reactive ketones (excluding diaryl/α,β-unsaturated/α-hetero) is 1. The Morgan fingerprint density at radius 3 is 2.73 bits per heavy atom. The molecule has 1 rings (SSSR count). The van der Waals surface area contributed by atoms with E-state index in [9.17, 15) is 4.79 Å². The van der Waals surface area contributed by atoms with Crippen LogP contribution in [0, 0.1) is 0 Å². The fourth-order valence-corrected chi connectivity index (χ4v) is 1.38. The van der Waals surface area contributed by atoms with Crippen molar-refractivity contribution in [1.29, 1.82) is 0 Å². The molecule has 0 saturated carbocycles. The maximum atomic E-state index is 11.3. The third-order valence-corrected chi connectivity index (χ3v) is 2.24. The summed E-state index contributed by atoms with van der Waals surface area (Å²) in [6, 6.07) is 0. The van der Waals surface area contributed by atoms with Crippen LogP contribution in [0.3, 0.4) is 0 Å². The lowest BCUT2D eigenvalue weighted by Crippen LogP contribution is -1.93. The zero-order valence-corrected chi connectivity index (χ0v) is 9.11. The normalized spacial score (nSPS) is 23.3. The molecule has 0 aromatic heterocycles. The number of carbonyl (C=O) groups excluding carboxylic acids is 1. The quantitative estimate of drug-likeness (QED) is 0.432. The van der Waals surface area contributed by atoms with Gasteiger partial charge in [0.2, 0.25) is 0 Å². The Hall–Kier alpha value is -1.33. The molecule has 0 aliphatic heterocycles. The van der Waals surface area contributed by atoms with Crippen molar-refractivity contribution in [2.75, 3.05) is 0 Å². The van der Waals surface area contributed by atoms with Crippen LogP contribution in [0.1, 0.15) is 38.5 Å². The molecule has 0 unspecified atom stereocenters. The third-order valence-electron chi connectivity index (χ3n) is 2.24. The van der Waals surface area contributed by atoms with Gasteiger partial charge in [0.05, 0.1) is 0 Å². The number of rotatable bonds is 0. The first kappa shape index (κ1) is 11.7. The van der Waals surface area contributed by atoms with E-state index in [0.717, 1.165) is 25.7 Å². The zero-order chi connectivity index (χ0) is 10.8. The number of carbonyl (C=O) groups is 1. The predicted octanol–water partition coefficient (Wildman–Crippen LogP) is 3.73. The van der Waals surface area contributed by atoms with Gasteiger partial charge in [-0.05, 0) is 37.8 Å². The van der Waals surface area contributed by atoms with Crippen molar-refractivity contribution in [2.45, 2.75) is 38.5 Å². The maximum absolute atomic E-state index is 11.3. The SMILES string of the molecule is O=C1C/C=C\CCC=C=CC/C=C\CC1. The van der Waals surface area contributed by atoms with Crippen LogP contribution in [0.15, 0.2) is 42.2 Å². The summed E-state index contributed by atoms with van der Waals surface area (Å²) in [5.74, 6) is 0.332. The van der Waals surface area contributed by atoms with Gasteiger partial charge >= 0.3 is 0 Å². The second-order valence-electron chi connectivity index (χ2n) is 3.61. The van der Waals surface area contributed by atoms with Crippen LogP contribution < -0.4 is 0 Å². The van der Waals surface area contributed by atoms with Crippen molar-refractivity contribution in [3.63, 3.8) is 0 Å². The molecule has 0 atom stereocenters. The summed E-state index contributed by atoms with van der Waals surface area (Å²) in [4.78, 5) is 11.3. The van der Waals surface area contributed by atoms with E-state index < -0.39 is 0 Å². The Morgan fingerprint density at radius 2 is 1.80 bits per heavy atom. The van der Waals surface area contributed by atoms with Gasteiger partial charge in [0, 0.05) is 12.8 Å². The molecule has 1 nitrogen and oxygen atoms in total. The van der Waals surface area contributed by atoms with Crippen molar-refractivity contribution >= 4 is 5.78 Å². The van der Waals surface area contributed by atoms with Crippen LogP contribution in [0.5, 0.6) is 0 Å². The summed E-state index contributed by atoms with van der Waals surface area (Å²) in [6.45, 7) is 0. The molecule has 0 aromatic rings. The van der Waals surface area contributed by atoms with E-state index in [-0.39, 0.29) is 0 Å². The van der Waals surface area contributed by atoms with Gasteiger partial charge in [-0.2, -0.15) is 0 Å². The maximum Gasteiger partial charge on any atom is 0.136 e. The lowest BCUT2D eigenvalue weighted by Gasteiger charge is -1.93. The van der Waals surface area contributed by atoms with Crippen molar-refractivity contribution in [1.82, 2.24) is 0 Å². The van der Waals surface area contributed by atoms with Gasteiger partial charge in [0.1, 0.15) is 5.78 Å². The van der Waals surface area contributed by atoms with E-state index in [1.807, 2.05) is 18.2 Å². The number of ketones is 1. The zero-order valence-electron chi connectivity index (χ0n) is 9.11. The summed E-state index contributed by atoms with van der Waals surface area (Å²) >= 11 is 0. The van der Waals surface area contributed by atoms with Crippen molar-refractivity contribution in [3.8, 4) is 0 Å². The first-order valence-corrected chi connectivity index (χ1v) is 5.60. The molecule has 1 heteroatoms. The van der Waals surface area contributed by atoms with Crippen LogP contribution in [0.4, 0.5) is 0 Å². The largest absolute Gasteiger partial charge is 0.299 e. The molecule has 0 fully saturated rings. The first-order valence-electron chi connectivity index (χ1n) is 5.60.